The van der Waals surface area contributed by atoms with Crippen molar-refractivity contribution in [1.29, 1.82) is 0 Å². The van der Waals surface area contributed by atoms with E-state index in [1.807, 2.05) is 18.2 Å². The first-order chi connectivity index (χ1) is 16.6. The van der Waals surface area contributed by atoms with Gasteiger partial charge in [-0.3, -0.25) is 0 Å². The minimum absolute atomic E-state index is 0.0275. The maximum Gasteiger partial charge on any atom is 0.233 e. The van der Waals surface area contributed by atoms with Crippen molar-refractivity contribution in [3.63, 3.8) is 0 Å². The van der Waals surface area contributed by atoms with Gasteiger partial charge >= 0.3 is 0 Å². The SMILES string of the molecule is Clc1cc(Cl)cc(COc2ccc(I)nn2)c1.Ic1ccc(I)nn1.OCc1cc(Cl)cc(Cl)c1. The van der Waals surface area contributed by atoms with Gasteiger partial charge in [-0.15, -0.1) is 20.4 Å². The minimum Gasteiger partial charge on any atom is -0.472 e. The number of ether oxygens (including phenoxy) is 1. The molecule has 184 valence electrons. The number of hydrogen-bond donors (Lipinski definition) is 1. The van der Waals surface area contributed by atoms with E-state index >= 15 is 0 Å². The molecular formula is C22H15Cl4I3N4O2. The molecule has 0 atom stereocenters. The van der Waals surface area contributed by atoms with Crippen LogP contribution in [0.3, 0.4) is 0 Å². The van der Waals surface area contributed by atoms with E-state index in [1.165, 1.54) is 0 Å². The number of halogens is 7. The second-order valence-electron chi connectivity index (χ2n) is 6.38. The average molecular weight is 890 g/mol. The molecule has 0 fully saturated rings. The van der Waals surface area contributed by atoms with Crippen LogP contribution in [0.15, 0.2) is 60.7 Å². The molecule has 2 aromatic carbocycles. The quantitative estimate of drug-likeness (QED) is 0.209. The normalized spacial score (nSPS) is 9.94. The van der Waals surface area contributed by atoms with Crippen molar-refractivity contribution in [2.75, 3.05) is 0 Å². The molecule has 2 heterocycles. The first kappa shape index (κ1) is 30.9. The summed E-state index contributed by atoms with van der Waals surface area (Å²) >= 11 is 29.4. The number of aromatic nitrogens is 4. The Hall–Kier alpha value is -0.290. The first-order valence-corrected chi connectivity index (χ1v) is 14.2. The van der Waals surface area contributed by atoms with E-state index in [0.717, 1.165) is 22.2 Å². The third kappa shape index (κ3) is 13.2. The van der Waals surface area contributed by atoms with Crippen LogP contribution in [0.4, 0.5) is 0 Å². The second-order valence-corrected chi connectivity index (χ2v) is 11.4. The van der Waals surface area contributed by atoms with Crippen molar-refractivity contribution >= 4 is 114 Å². The van der Waals surface area contributed by atoms with Gasteiger partial charge in [0.2, 0.25) is 5.88 Å². The van der Waals surface area contributed by atoms with Crippen LogP contribution in [0.1, 0.15) is 11.1 Å². The van der Waals surface area contributed by atoms with Crippen molar-refractivity contribution in [3.8, 4) is 5.88 Å². The van der Waals surface area contributed by atoms with E-state index < -0.39 is 0 Å². The fraction of sp³-hybridized carbons (Fsp3) is 0.0909. The highest BCUT2D eigenvalue weighted by molar-refractivity contribution is 14.1. The van der Waals surface area contributed by atoms with Crippen LogP contribution in [0.5, 0.6) is 5.88 Å². The average Bonchev–Trinajstić information content (AvgIpc) is 2.80. The van der Waals surface area contributed by atoms with Crippen LogP contribution in [0, 0.1) is 11.1 Å². The molecule has 1 N–H and O–H groups in total. The van der Waals surface area contributed by atoms with Crippen molar-refractivity contribution < 1.29 is 9.84 Å². The summed E-state index contributed by atoms with van der Waals surface area (Å²) in [6, 6.07) is 17.7. The molecule has 13 heteroatoms. The molecule has 0 radical (unpaired) electrons. The molecule has 0 bridgehead atoms. The summed E-state index contributed by atoms with van der Waals surface area (Å²) in [7, 11) is 0. The maximum atomic E-state index is 8.67. The fourth-order valence-corrected chi connectivity index (χ4v) is 4.24. The highest BCUT2D eigenvalue weighted by Crippen LogP contribution is 2.20. The molecule has 0 spiro atoms. The molecule has 6 nitrogen and oxygen atoms in total. The largest absolute Gasteiger partial charge is 0.472 e. The molecule has 0 aliphatic carbocycles. The second kappa shape index (κ2) is 16.5. The monoisotopic (exact) mass is 888 g/mol. The number of hydrogen-bond acceptors (Lipinski definition) is 6. The summed E-state index contributed by atoms with van der Waals surface area (Å²) in [6.45, 7) is 0.329. The van der Waals surface area contributed by atoms with Crippen LogP contribution in [0.25, 0.3) is 0 Å². The zero-order chi connectivity index (χ0) is 25.8. The molecule has 0 amide bonds. The molecule has 2 aromatic heterocycles. The van der Waals surface area contributed by atoms with E-state index in [2.05, 4.69) is 88.2 Å². The molecule has 4 aromatic rings. The first-order valence-electron chi connectivity index (χ1n) is 9.42. The summed E-state index contributed by atoms with van der Waals surface area (Å²) in [4.78, 5) is 0. The van der Waals surface area contributed by atoms with Gasteiger partial charge in [0.25, 0.3) is 0 Å². The van der Waals surface area contributed by atoms with Crippen LogP contribution in [-0.2, 0) is 13.2 Å². The fourth-order valence-electron chi connectivity index (χ4n) is 2.23. The van der Waals surface area contributed by atoms with Crippen molar-refractivity contribution in [3.05, 3.63) is 103 Å². The lowest BCUT2D eigenvalue weighted by atomic mass is 10.2. The van der Waals surface area contributed by atoms with Gasteiger partial charge in [0.15, 0.2) is 0 Å². The lowest BCUT2D eigenvalue weighted by Crippen LogP contribution is -1.98. The Morgan fingerprint density at radius 3 is 1.37 bits per heavy atom. The van der Waals surface area contributed by atoms with Crippen LogP contribution in [0.2, 0.25) is 20.1 Å². The molecule has 0 unspecified atom stereocenters. The number of aliphatic hydroxyl groups is 1. The molecule has 0 aliphatic heterocycles. The highest BCUT2D eigenvalue weighted by atomic mass is 127. The maximum absolute atomic E-state index is 8.67. The minimum atomic E-state index is -0.0275. The summed E-state index contributed by atoms with van der Waals surface area (Å²) in [6.07, 6.45) is 0. The Morgan fingerprint density at radius 2 is 1.00 bits per heavy atom. The lowest BCUT2D eigenvalue weighted by Gasteiger charge is -2.05. The van der Waals surface area contributed by atoms with Crippen molar-refractivity contribution in [1.82, 2.24) is 20.4 Å². The topological polar surface area (TPSA) is 81.0 Å². The van der Waals surface area contributed by atoms with Crippen LogP contribution in [-0.4, -0.2) is 25.5 Å². The lowest BCUT2D eigenvalue weighted by molar-refractivity contribution is 0.282. The molecule has 35 heavy (non-hydrogen) atoms. The third-order valence-corrected chi connectivity index (χ3v) is 6.22. The summed E-state index contributed by atoms with van der Waals surface area (Å²) in [5, 5.41) is 26.3. The van der Waals surface area contributed by atoms with Crippen molar-refractivity contribution in [2.24, 2.45) is 0 Å². The number of aliphatic hydroxyl groups excluding tert-OH is 1. The molecular weight excluding hydrogens is 875 g/mol. The number of nitrogens with zero attached hydrogens (tertiary/aromatic N) is 4. The van der Waals surface area contributed by atoms with Gasteiger partial charge in [0.05, 0.1) is 6.61 Å². The van der Waals surface area contributed by atoms with Gasteiger partial charge in [-0.1, -0.05) is 46.4 Å². The zero-order valence-corrected chi connectivity index (χ0v) is 27.0. The van der Waals surface area contributed by atoms with Gasteiger partial charge in [0, 0.05) is 26.2 Å². The zero-order valence-electron chi connectivity index (χ0n) is 17.5. The Labute approximate surface area is 263 Å². The van der Waals surface area contributed by atoms with Gasteiger partial charge in [0.1, 0.15) is 17.7 Å². The Balaban J connectivity index is 0.000000204. The van der Waals surface area contributed by atoms with Crippen LogP contribution < -0.4 is 4.74 Å². The third-order valence-electron chi connectivity index (χ3n) is 3.62. The predicted molar refractivity (Wildman–Crippen MR) is 165 cm³/mol. The standard InChI is InChI=1S/C11H7Cl2IN2O.C7H6Cl2O.C4H2I2N2/c12-8-3-7(4-9(13)5-8)6-17-11-2-1-10(14)15-16-11;8-6-1-5(4-10)2-7(9)3-6;5-3-1-2-4(6)8-7-3/h1-5H,6H2;1-3,10H,4H2;1-2H. The van der Waals surface area contributed by atoms with Gasteiger partial charge in [-0.25, -0.2) is 0 Å². The van der Waals surface area contributed by atoms with E-state index in [1.54, 1.807) is 42.5 Å². The Bertz CT molecular complexity index is 1160. The summed E-state index contributed by atoms with van der Waals surface area (Å²) in [5.41, 5.74) is 1.63. The van der Waals surface area contributed by atoms with E-state index in [4.69, 9.17) is 56.2 Å². The molecule has 0 saturated heterocycles. The summed E-state index contributed by atoms with van der Waals surface area (Å²) < 4.78 is 8.15. The van der Waals surface area contributed by atoms with Crippen molar-refractivity contribution in [2.45, 2.75) is 13.2 Å². The highest BCUT2D eigenvalue weighted by Gasteiger charge is 2.01. The van der Waals surface area contributed by atoms with E-state index in [-0.39, 0.29) is 6.61 Å². The predicted octanol–water partition coefficient (Wildman–Crippen LogP) is 8.14. The molecule has 4 rings (SSSR count). The molecule has 0 saturated carbocycles. The van der Waals surface area contributed by atoms with Gasteiger partial charge in [-0.05, 0) is 133 Å². The van der Waals surface area contributed by atoms with E-state index in [9.17, 15) is 0 Å². The number of benzene rings is 2. The Morgan fingerprint density at radius 1 is 0.600 bits per heavy atom. The van der Waals surface area contributed by atoms with Crippen LogP contribution >= 0.6 is 114 Å². The smallest absolute Gasteiger partial charge is 0.233 e. The van der Waals surface area contributed by atoms with Gasteiger partial charge < -0.3 is 9.84 Å². The summed E-state index contributed by atoms with van der Waals surface area (Å²) in [5.74, 6) is 0.474. The Kier molecular flexibility index (Phi) is 14.6. The number of rotatable bonds is 4. The molecule has 0 aliphatic rings. The van der Waals surface area contributed by atoms with E-state index in [0.29, 0.717) is 32.6 Å². The van der Waals surface area contributed by atoms with Gasteiger partial charge in [-0.2, -0.15) is 0 Å².